The number of aromatic nitrogens is 4. The van der Waals surface area contributed by atoms with Crippen molar-refractivity contribution in [3.05, 3.63) is 60.2 Å². The highest BCUT2D eigenvalue weighted by Crippen LogP contribution is 2.19. The van der Waals surface area contributed by atoms with E-state index >= 15 is 0 Å². The summed E-state index contributed by atoms with van der Waals surface area (Å²) >= 11 is 1.69. The lowest BCUT2D eigenvalue weighted by Crippen LogP contribution is -2.15. The Hall–Kier alpha value is -2.18. The van der Waals surface area contributed by atoms with Crippen molar-refractivity contribution >= 4 is 11.8 Å². The molecule has 124 valence electrons. The zero-order chi connectivity index (χ0) is 16.6. The normalized spacial score (nSPS) is 10.9. The van der Waals surface area contributed by atoms with E-state index in [1.807, 2.05) is 13.1 Å². The van der Waals surface area contributed by atoms with Gasteiger partial charge in [0.1, 0.15) is 0 Å². The fraction of sp³-hybridized carbons (Fsp3) is 0.278. The molecule has 0 saturated carbocycles. The summed E-state index contributed by atoms with van der Waals surface area (Å²) in [5.41, 5.74) is 3.82. The van der Waals surface area contributed by atoms with Gasteiger partial charge in [0.25, 0.3) is 0 Å². The average molecular weight is 339 g/mol. The van der Waals surface area contributed by atoms with Gasteiger partial charge in [-0.05, 0) is 40.1 Å². The highest BCUT2D eigenvalue weighted by atomic mass is 32.2. The van der Waals surface area contributed by atoms with E-state index in [1.54, 1.807) is 16.4 Å². The second-order valence-corrected chi connectivity index (χ2v) is 6.59. The first-order valence-electron chi connectivity index (χ1n) is 8.03. The van der Waals surface area contributed by atoms with Gasteiger partial charge in [-0.2, -0.15) is 0 Å². The Morgan fingerprint density at radius 2 is 1.75 bits per heavy atom. The molecule has 1 N–H and O–H groups in total. The highest BCUT2D eigenvalue weighted by Gasteiger charge is 2.02. The largest absolute Gasteiger partial charge is 0.313 e. The maximum absolute atomic E-state index is 3.96. The third-order valence-corrected chi connectivity index (χ3v) is 4.80. The maximum Gasteiger partial charge on any atom is 0.209 e. The molecule has 6 heteroatoms. The van der Waals surface area contributed by atoms with Gasteiger partial charge in [-0.3, -0.25) is 0 Å². The number of aryl methyl sites for hydroxylation is 1. The molecular weight excluding hydrogens is 318 g/mol. The molecule has 2 aromatic carbocycles. The van der Waals surface area contributed by atoms with Crippen LogP contribution in [0.4, 0.5) is 0 Å². The molecule has 1 heterocycles. The van der Waals surface area contributed by atoms with E-state index in [0.717, 1.165) is 30.4 Å². The fourth-order valence-electron chi connectivity index (χ4n) is 2.38. The van der Waals surface area contributed by atoms with Gasteiger partial charge in [-0.15, -0.1) is 5.10 Å². The van der Waals surface area contributed by atoms with Crippen molar-refractivity contribution in [3.8, 4) is 11.1 Å². The quantitative estimate of drug-likeness (QED) is 0.505. The zero-order valence-corrected chi connectivity index (χ0v) is 14.5. The molecule has 24 heavy (non-hydrogen) atoms. The van der Waals surface area contributed by atoms with Crippen LogP contribution in [0.15, 0.2) is 59.8 Å². The van der Waals surface area contributed by atoms with Crippen molar-refractivity contribution < 1.29 is 0 Å². The standard InChI is InChI=1S/C18H21N5S/c1-23-18(20-21-22-23)24-13-5-12-19-14-15-8-10-17(11-9-15)16-6-3-2-4-7-16/h2-4,6-11,19H,5,12-14H2,1H3. The number of nitrogens with one attached hydrogen (secondary N) is 1. The minimum Gasteiger partial charge on any atom is -0.313 e. The monoisotopic (exact) mass is 339 g/mol. The van der Waals surface area contributed by atoms with Gasteiger partial charge in [0, 0.05) is 19.3 Å². The van der Waals surface area contributed by atoms with Crippen LogP contribution in [0.5, 0.6) is 0 Å². The van der Waals surface area contributed by atoms with Gasteiger partial charge >= 0.3 is 0 Å². The molecule has 0 spiro atoms. The van der Waals surface area contributed by atoms with Crippen LogP contribution in [0.2, 0.25) is 0 Å². The van der Waals surface area contributed by atoms with E-state index in [2.05, 4.69) is 69.4 Å². The number of thioether (sulfide) groups is 1. The Morgan fingerprint density at radius 3 is 2.46 bits per heavy atom. The molecule has 1 aromatic heterocycles. The summed E-state index contributed by atoms with van der Waals surface area (Å²) in [5.74, 6) is 1.01. The molecular formula is C18H21N5S. The number of rotatable bonds is 8. The molecule has 0 atom stereocenters. The minimum absolute atomic E-state index is 0.867. The van der Waals surface area contributed by atoms with Crippen LogP contribution in [0.25, 0.3) is 11.1 Å². The number of hydrogen-bond acceptors (Lipinski definition) is 5. The molecule has 0 aliphatic carbocycles. The van der Waals surface area contributed by atoms with Crippen molar-refractivity contribution in [2.75, 3.05) is 12.3 Å². The summed E-state index contributed by atoms with van der Waals surface area (Å²) in [6.45, 7) is 1.88. The van der Waals surface area contributed by atoms with Crippen molar-refractivity contribution in [1.29, 1.82) is 0 Å². The summed E-state index contributed by atoms with van der Waals surface area (Å²) in [4.78, 5) is 0. The lowest BCUT2D eigenvalue weighted by Gasteiger charge is -2.06. The number of tetrazole rings is 1. The molecule has 0 radical (unpaired) electrons. The number of hydrogen-bond donors (Lipinski definition) is 1. The van der Waals surface area contributed by atoms with Crippen molar-refractivity contribution in [1.82, 2.24) is 25.5 Å². The third-order valence-electron chi connectivity index (χ3n) is 3.70. The lowest BCUT2D eigenvalue weighted by atomic mass is 10.0. The van der Waals surface area contributed by atoms with E-state index in [-0.39, 0.29) is 0 Å². The summed E-state index contributed by atoms with van der Waals surface area (Å²) in [5, 5.41) is 15.8. The number of benzene rings is 2. The van der Waals surface area contributed by atoms with E-state index in [1.165, 1.54) is 16.7 Å². The van der Waals surface area contributed by atoms with Crippen LogP contribution < -0.4 is 5.32 Å². The molecule has 3 aromatic rings. The van der Waals surface area contributed by atoms with Crippen LogP contribution in [-0.4, -0.2) is 32.5 Å². The summed E-state index contributed by atoms with van der Waals surface area (Å²) < 4.78 is 1.70. The molecule has 0 aliphatic heterocycles. The molecule has 0 saturated heterocycles. The van der Waals surface area contributed by atoms with Gasteiger partial charge in [0.05, 0.1) is 0 Å². The SMILES string of the molecule is Cn1nnnc1SCCCNCc1ccc(-c2ccccc2)cc1. The lowest BCUT2D eigenvalue weighted by molar-refractivity contribution is 0.661. The second kappa shape index (κ2) is 8.61. The Balaban J connectivity index is 1.37. The smallest absolute Gasteiger partial charge is 0.209 e. The van der Waals surface area contributed by atoms with E-state index in [9.17, 15) is 0 Å². The van der Waals surface area contributed by atoms with Crippen LogP contribution in [0, 0.1) is 0 Å². The molecule has 0 amide bonds. The third kappa shape index (κ3) is 4.66. The van der Waals surface area contributed by atoms with Crippen molar-refractivity contribution in [2.24, 2.45) is 7.05 Å². The van der Waals surface area contributed by atoms with Gasteiger partial charge in [-0.1, -0.05) is 66.4 Å². The van der Waals surface area contributed by atoms with E-state index < -0.39 is 0 Å². The van der Waals surface area contributed by atoms with Gasteiger partial charge in [-0.25, -0.2) is 4.68 Å². The Labute approximate surface area is 146 Å². The van der Waals surface area contributed by atoms with Crippen molar-refractivity contribution in [2.45, 2.75) is 18.1 Å². The predicted molar refractivity (Wildman–Crippen MR) is 97.7 cm³/mol. The van der Waals surface area contributed by atoms with Gasteiger partial charge in [0.2, 0.25) is 5.16 Å². The maximum atomic E-state index is 3.96. The average Bonchev–Trinajstić information content (AvgIpc) is 3.04. The molecule has 0 aliphatic rings. The summed E-state index contributed by atoms with van der Waals surface area (Å²) in [6, 6.07) is 19.2. The van der Waals surface area contributed by atoms with Crippen LogP contribution >= 0.6 is 11.8 Å². The molecule has 3 rings (SSSR count). The summed E-state index contributed by atoms with van der Waals surface area (Å²) in [6.07, 6.45) is 1.08. The van der Waals surface area contributed by atoms with E-state index in [4.69, 9.17) is 0 Å². The molecule has 0 fully saturated rings. The van der Waals surface area contributed by atoms with Crippen LogP contribution in [-0.2, 0) is 13.6 Å². The van der Waals surface area contributed by atoms with Gasteiger partial charge in [0.15, 0.2) is 0 Å². The minimum atomic E-state index is 0.867. The second-order valence-electron chi connectivity index (χ2n) is 5.53. The summed E-state index contributed by atoms with van der Waals surface area (Å²) in [7, 11) is 1.86. The fourth-order valence-corrected chi connectivity index (χ4v) is 3.17. The van der Waals surface area contributed by atoms with E-state index in [0.29, 0.717) is 0 Å². The Bertz CT molecular complexity index is 740. The first-order chi connectivity index (χ1) is 11.8. The molecule has 0 bridgehead atoms. The number of nitrogens with zero attached hydrogens (tertiary/aromatic N) is 4. The van der Waals surface area contributed by atoms with Crippen LogP contribution in [0.1, 0.15) is 12.0 Å². The van der Waals surface area contributed by atoms with Crippen LogP contribution in [0.3, 0.4) is 0 Å². The Morgan fingerprint density at radius 1 is 1.00 bits per heavy atom. The first kappa shape index (κ1) is 16.7. The van der Waals surface area contributed by atoms with Crippen molar-refractivity contribution in [3.63, 3.8) is 0 Å². The Kier molecular flexibility index (Phi) is 5.98. The zero-order valence-electron chi connectivity index (χ0n) is 13.7. The molecule has 5 nitrogen and oxygen atoms in total. The predicted octanol–water partition coefficient (Wildman–Crippen LogP) is 3.15. The first-order valence-corrected chi connectivity index (χ1v) is 9.02. The topological polar surface area (TPSA) is 55.6 Å². The van der Waals surface area contributed by atoms with Gasteiger partial charge < -0.3 is 5.32 Å². The molecule has 0 unspecified atom stereocenters. The highest BCUT2D eigenvalue weighted by molar-refractivity contribution is 7.99.